The van der Waals surface area contributed by atoms with Crippen molar-refractivity contribution in [2.24, 2.45) is 0 Å². The number of amides is 1. The Morgan fingerprint density at radius 2 is 2.14 bits per heavy atom. The maximum Gasteiger partial charge on any atom is 0.410 e. The van der Waals surface area contributed by atoms with E-state index >= 15 is 0 Å². The Morgan fingerprint density at radius 3 is 2.76 bits per heavy atom. The van der Waals surface area contributed by atoms with Gasteiger partial charge >= 0.3 is 6.09 Å². The lowest BCUT2D eigenvalue weighted by Crippen LogP contribution is -2.48. The normalized spacial score (nSPS) is 18.7. The smallest absolute Gasteiger partial charge is 0.410 e. The van der Waals surface area contributed by atoms with Crippen LogP contribution in [0.1, 0.15) is 39.1 Å². The van der Waals surface area contributed by atoms with Crippen molar-refractivity contribution >= 4 is 11.7 Å². The van der Waals surface area contributed by atoms with Gasteiger partial charge in [-0.1, -0.05) is 0 Å². The summed E-state index contributed by atoms with van der Waals surface area (Å²) in [5.74, 6) is 0.188. The monoisotopic (exact) mass is 292 g/mol. The molecule has 1 aliphatic heterocycles. The molecule has 1 amide bonds. The molecule has 112 valence electrons. The molecule has 3 heterocycles. The standard InChI is InChI=1S/C14H17FN4O2/c1-14(2,3)21-13(20)18-7-6-10(18)12-17-16-11-5-4-9(15)8-19(11)12/h4-5,8,10H,6-7H2,1-3H3/t10-/m0/s1. The first-order valence-corrected chi connectivity index (χ1v) is 6.85. The highest BCUT2D eigenvalue weighted by molar-refractivity contribution is 5.69. The Hall–Kier alpha value is -2.18. The Morgan fingerprint density at radius 1 is 1.38 bits per heavy atom. The lowest BCUT2D eigenvalue weighted by atomic mass is 10.0. The van der Waals surface area contributed by atoms with Crippen molar-refractivity contribution in [3.05, 3.63) is 30.0 Å². The number of carbonyl (C=O) groups is 1. The number of ether oxygens (including phenoxy) is 1. The van der Waals surface area contributed by atoms with Gasteiger partial charge in [0.05, 0.1) is 6.04 Å². The molecule has 2 aromatic heterocycles. The van der Waals surface area contributed by atoms with Crippen LogP contribution in [0.2, 0.25) is 0 Å². The average Bonchev–Trinajstić information content (AvgIpc) is 2.68. The molecule has 0 saturated carbocycles. The maximum atomic E-state index is 13.4. The van der Waals surface area contributed by atoms with Crippen molar-refractivity contribution < 1.29 is 13.9 Å². The van der Waals surface area contributed by atoms with Gasteiger partial charge in [-0.2, -0.15) is 0 Å². The Labute approximate surface area is 121 Å². The van der Waals surface area contributed by atoms with Crippen molar-refractivity contribution in [1.82, 2.24) is 19.5 Å². The van der Waals surface area contributed by atoms with Gasteiger partial charge < -0.3 is 4.74 Å². The van der Waals surface area contributed by atoms with E-state index in [0.717, 1.165) is 6.42 Å². The van der Waals surface area contributed by atoms with Crippen LogP contribution in [0.5, 0.6) is 0 Å². The van der Waals surface area contributed by atoms with Crippen LogP contribution < -0.4 is 0 Å². The van der Waals surface area contributed by atoms with Crippen molar-refractivity contribution in [2.75, 3.05) is 6.54 Å². The second-order valence-electron chi connectivity index (χ2n) is 6.11. The Bertz CT molecular complexity index is 692. The molecule has 21 heavy (non-hydrogen) atoms. The molecule has 0 unspecified atom stereocenters. The number of aromatic nitrogens is 3. The van der Waals surface area contributed by atoms with Crippen molar-refractivity contribution in [3.63, 3.8) is 0 Å². The Kier molecular flexibility index (Phi) is 3.07. The molecule has 6 nitrogen and oxygen atoms in total. The second-order valence-corrected chi connectivity index (χ2v) is 6.11. The molecular formula is C14H17FN4O2. The highest BCUT2D eigenvalue weighted by Gasteiger charge is 2.39. The van der Waals surface area contributed by atoms with Gasteiger partial charge in [0.15, 0.2) is 11.5 Å². The SMILES string of the molecule is CC(C)(C)OC(=O)N1CC[C@H]1c1nnc2ccc(F)cn12. The van der Waals surface area contributed by atoms with E-state index in [0.29, 0.717) is 18.0 Å². The van der Waals surface area contributed by atoms with E-state index in [1.165, 1.54) is 12.3 Å². The van der Waals surface area contributed by atoms with Gasteiger partial charge in [-0.3, -0.25) is 9.30 Å². The van der Waals surface area contributed by atoms with E-state index in [1.54, 1.807) is 15.4 Å². The zero-order valence-corrected chi connectivity index (χ0v) is 12.2. The third-order valence-corrected chi connectivity index (χ3v) is 3.34. The number of hydrogen-bond acceptors (Lipinski definition) is 4. The van der Waals surface area contributed by atoms with E-state index in [4.69, 9.17) is 4.74 Å². The molecule has 0 spiro atoms. The number of fused-ring (bicyclic) bond motifs is 1. The van der Waals surface area contributed by atoms with Crippen LogP contribution in [-0.2, 0) is 4.74 Å². The lowest BCUT2D eigenvalue weighted by Gasteiger charge is -2.40. The molecule has 3 rings (SSSR count). The van der Waals surface area contributed by atoms with Crippen LogP contribution in [0.15, 0.2) is 18.3 Å². The molecular weight excluding hydrogens is 275 g/mol. The first kappa shape index (κ1) is 13.8. The molecule has 1 saturated heterocycles. The molecule has 1 fully saturated rings. The van der Waals surface area contributed by atoms with Gasteiger partial charge in [0.1, 0.15) is 11.4 Å². The fourth-order valence-electron chi connectivity index (χ4n) is 2.30. The number of likely N-dealkylation sites (tertiary alicyclic amines) is 1. The summed E-state index contributed by atoms with van der Waals surface area (Å²) < 4.78 is 20.3. The maximum absolute atomic E-state index is 13.4. The number of carbonyl (C=O) groups excluding carboxylic acids is 1. The molecule has 0 radical (unpaired) electrons. The van der Waals surface area contributed by atoms with Crippen LogP contribution in [0.3, 0.4) is 0 Å². The van der Waals surface area contributed by atoms with E-state index in [2.05, 4.69) is 10.2 Å². The minimum atomic E-state index is -0.545. The summed E-state index contributed by atoms with van der Waals surface area (Å²) in [5.41, 5.74) is 0.0124. The highest BCUT2D eigenvalue weighted by atomic mass is 19.1. The summed E-state index contributed by atoms with van der Waals surface area (Å²) in [6.07, 6.45) is 1.71. The van der Waals surface area contributed by atoms with E-state index in [1.807, 2.05) is 20.8 Å². The molecule has 0 aromatic carbocycles. The van der Waals surface area contributed by atoms with Gasteiger partial charge in [-0.25, -0.2) is 9.18 Å². The van der Waals surface area contributed by atoms with Crippen molar-refractivity contribution in [2.45, 2.75) is 38.8 Å². The number of halogens is 1. The van der Waals surface area contributed by atoms with E-state index in [9.17, 15) is 9.18 Å². The van der Waals surface area contributed by atoms with E-state index in [-0.39, 0.29) is 18.0 Å². The summed E-state index contributed by atoms with van der Waals surface area (Å²) in [6.45, 7) is 6.06. The summed E-state index contributed by atoms with van der Waals surface area (Å²) >= 11 is 0. The third kappa shape index (κ3) is 2.55. The number of nitrogens with zero attached hydrogens (tertiary/aromatic N) is 4. The zero-order valence-electron chi connectivity index (χ0n) is 12.2. The quantitative estimate of drug-likeness (QED) is 0.810. The molecule has 1 aliphatic rings. The van der Waals surface area contributed by atoms with Crippen LogP contribution in [0.25, 0.3) is 5.65 Å². The molecule has 0 bridgehead atoms. The van der Waals surface area contributed by atoms with Crippen molar-refractivity contribution in [1.29, 1.82) is 0 Å². The minimum Gasteiger partial charge on any atom is -0.444 e. The first-order valence-electron chi connectivity index (χ1n) is 6.85. The van der Waals surface area contributed by atoms with Crippen molar-refractivity contribution in [3.8, 4) is 0 Å². The molecule has 0 aliphatic carbocycles. The number of pyridine rings is 1. The zero-order chi connectivity index (χ0) is 15.2. The number of hydrogen-bond donors (Lipinski definition) is 0. The van der Waals surface area contributed by atoms with Gasteiger partial charge in [-0.05, 0) is 39.3 Å². The summed E-state index contributed by atoms with van der Waals surface area (Å²) in [4.78, 5) is 13.7. The molecule has 2 aromatic rings. The second kappa shape index (κ2) is 4.68. The van der Waals surface area contributed by atoms with Gasteiger partial charge in [0.25, 0.3) is 0 Å². The average molecular weight is 292 g/mol. The number of rotatable bonds is 1. The molecule has 0 N–H and O–H groups in total. The lowest BCUT2D eigenvalue weighted by molar-refractivity contribution is -0.00756. The fourth-order valence-corrected chi connectivity index (χ4v) is 2.30. The topological polar surface area (TPSA) is 59.7 Å². The predicted octanol–water partition coefficient (Wildman–Crippen LogP) is 2.55. The summed E-state index contributed by atoms with van der Waals surface area (Å²) in [5, 5.41) is 8.08. The summed E-state index contributed by atoms with van der Waals surface area (Å²) in [7, 11) is 0. The molecule has 7 heteroatoms. The van der Waals surface area contributed by atoms with Crippen LogP contribution in [0, 0.1) is 5.82 Å². The highest BCUT2D eigenvalue weighted by Crippen LogP contribution is 2.33. The van der Waals surface area contributed by atoms with Gasteiger partial charge in [0, 0.05) is 12.7 Å². The van der Waals surface area contributed by atoms with Gasteiger partial charge in [0.2, 0.25) is 0 Å². The fraction of sp³-hybridized carbons (Fsp3) is 0.500. The predicted molar refractivity (Wildman–Crippen MR) is 73.2 cm³/mol. The molecule has 1 atom stereocenters. The van der Waals surface area contributed by atoms with E-state index < -0.39 is 5.60 Å². The van der Waals surface area contributed by atoms with Gasteiger partial charge in [-0.15, -0.1) is 10.2 Å². The first-order chi connectivity index (χ1) is 9.85. The van der Waals surface area contributed by atoms with Crippen LogP contribution in [-0.4, -0.2) is 37.7 Å². The largest absolute Gasteiger partial charge is 0.444 e. The van der Waals surface area contributed by atoms with Crippen LogP contribution in [0.4, 0.5) is 9.18 Å². The summed E-state index contributed by atoms with van der Waals surface area (Å²) in [6, 6.07) is 2.67. The minimum absolute atomic E-state index is 0.225. The van der Waals surface area contributed by atoms with Crippen LogP contribution >= 0.6 is 0 Å². The third-order valence-electron chi connectivity index (χ3n) is 3.34. The Balaban J connectivity index is 1.86.